The second-order valence-electron chi connectivity index (χ2n) is 7.79. The molecule has 0 saturated carbocycles. The third-order valence-electron chi connectivity index (χ3n) is 5.39. The number of thiophene rings is 1. The number of aromatic nitrogens is 2. The van der Waals surface area contributed by atoms with E-state index in [9.17, 15) is 22.8 Å². The Balaban J connectivity index is 1.69. The second-order valence-corrected chi connectivity index (χ2v) is 8.92. The minimum absolute atomic E-state index is 0.0208. The molecule has 0 radical (unpaired) electrons. The summed E-state index contributed by atoms with van der Waals surface area (Å²) in [5.74, 6) is -1.13. The normalized spacial score (nSPS) is 17.4. The minimum Gasteiger partial charge on any atom is -0.317 e. The van der Waals surface area contributed by atoms with Crippen LogP contribution in [-0.4, -0.2) is 39.6 Å². The van der Waals surface area contributed by atoms with Gasteiger partial charge in [0.2, 0.25) is 5.91 Å². The van der Waals surface area contributed by atoms with E-state index < -0.39 is 12.1 Å². The quantitative estimate of drug-likeness (QED) is 0.653. The van der Waals surface area contributed by atoms with Gasteiger partial charge in [-0.25, -0.2) is 4.98 Å². The molecule has 0 aromatic carbocycles. The summed E-state index contributed by atoms with van der Waals surface area (Å²) in [7, 11) is 1.66. The van der Waals surface area contributed by atoms with Gasteiger partial charge in [0.05, 0.1) is 11.3 Å². The third kappa shape index (κ3) is 4.49. The Morgan fingerprint density at radius 3 is 2.81 bits per heavy atom. The maximum atomic E-state index is 13.0. The Kier molecular flexibility index (Phi) is 5.61. The van der Waals surface area contributed by atoms with E-state index in [0.717, 1.165) is 20.7 Å². The zero-order valence-corrected chi connectivity index (χ0v) is 17.8. The lowest BCUT2D eigenvalue weighted by atomic mass is 10.1. The molecule has 164 valence electrons. The number of alkyl halides is 3. The number of nitrogens with one attached hydrogen (secondary N) is 1. The molecule has 4 heterocycles. The van der Waals surface area contributed by atoms with Gasteiger partial charge in [0.25, 0.3) is 5.56 Å². The molecule has 10 heteroatoms. The van der Waals surface area contributed by atoms with E-state index in [-0.39, 0.29) is 24.4 Å². The van der Waals surface area contributed by atoms with Crippen molar-refractivity contribution in [3.05, 3.63) is 45.8 Å². The lowest BCUT2D eigenvalue weighted by Crippen LogP contribution is -2.27. The molecular formula is C21H21F3N4O2S. The monoisotopic (exact) mass is 450 g/mol. The van der Waals surface area contributed by atoms with Gasteiger partial charge in [0, 0.05) is 54.6 Å². The zero-order valence-electron chi connectivity index (χ0n) is 17.0. The van der Waals surface area contributed by atoms with Crippen LogP contribution in [-0.2, 0) is 18.4 Å². The van der Waals surface area contributed by atoms with E-state index in [2.05, 4.69) is 10.3 Å². The summed E-state index contributed by atoms with van der Waals surface area (Å²) in [6.07, 6.45) is -0.768. The molecule has 1 aliphatic rings. The molecule has 1 atom stereocenters. The number of amides is 1. The molecule has 1 saturated heterocycles. The summed E-state index contributed by atoms with van der Waals surface area (Å²) >= 11 is 1.41. The first kappa shape index (κ1) is 21.5. The molecule has 31 heavy (non-hydrogen) atoms. The molecule has 4 rings (SSSR count). The van der Waals surface area contributed by atoms with Gasteiger partial charge in [0.15, 0.2) is 0 Å². The average molecular weight is 450 g/mol. The van der Waals surface area contributed by atoms with Crippen LogP contribution in [0.3, 0.4) is 0 Å². The topological polar surface area (TPSA) is 67.2 Å². The van der Waals surface area contributed by atoms with Gasteiger partial charge in [-0.2, -0.15) is 13.2 Å². The van der Waals surface area contributed by atoms with Crippen molar-refractivity contribution in [3.63, 3.8) is 0 Å². The lowest BCUT2D eigenvalue weighted by Gasteiger charge is -2.16. The fourth-order valence-corrected chi connectivity index (χ4v) is 5.12. The SMILES string of the molecule is CC(=O)Nc1cc(-c2cn(C)c(=O)c3cc(CN4CCC(C(F)(F)F)C4)sc23)ccn1. The Morgan fingerprint density at radius 1 is 1.35 bits per heavy atom. The van der Waals surface area contributed by atoms with Crippen LogP contribution in [0.25, 0.3) is 21.2 Å². The fraction of sp³-hybridized carbons (Fsp3) is 0.381. The van der Waals surface area contributed by atoms with E-state index in [1.807, 2.05) is 0 Å². The largest absolute Gasteiger partial charge is 0.393 e. The molecule has 3 aromatic rings. The van der Waals surface area contributed by atoms with Gasteiger partial charge in [-0.15, -0.1) is 11.3 Å². The molecule has 0 spiro atoms. The van der Waals surface area contributed by atoms with E-state index in [1.165, 1.54) is 22.8 Å². The maximum absolute atomic E-state index is 13.0. The minimum atomic E-state index is -4.18. The summed E-state index contributed by atoms with van der Waals surface area (Å²) in [6.45, 7) is 2.13. The summed E-state index contributed by atoms with van der Waals surface area (Å²) < 4.78 is 41.2. The average Bonchev–Trinajstić information content (AvgIpc) is 3.32. The number of nitrogens with zero attached hydrogens (tertiary/aromatic N) is 3. The van der Waals surface area contributed by atoms with Gasteiger partial charge < -0.3 is 9.88 Å². The highest BCUT2D eigenvalue weighted by atomic mass is 32.1. The number of rotatable bonds is 4. The molecule has 0 aliphatic carbocycles. The van der Waals surface area contributed by atoms with Crippen molar-refractivity contribution in [2.75, 3.05) is 18.4 Å². The van der Waals surface area contributed by atoms with Crippen molar-refractivity contribution >= 4 is 33.1 Å². The molecule has 6 nitrogen and oxygen atoms in total. The van der Waals surface area contributed by atoms with Crippen molar-refractivity contribution in [1.29, 1.82) is 0 Å². The summed E-state index contributed by atoms with van der Waals surface area (Å²) in [5, 5.41) is 3.18. The summed E-state index contributed by atoms with van der Waals surface area (Å²) in [5.41, 5.74) is 1.43. The van der Waals surface area contributed by atoms with Crippen LogP contribution in [0.15, 0.2) is 35.4 Å². The van der Waals surface area contributed by atoms with E-state index >= 15 is 0 Å². The highest BCUT2D eigenvalue weighted by Gasteiger charge is 2.43. The molecule has 1 unspecified atom stereocenters. The second kappa shape index (κ2) is 8.08. The summed E-state index contributed by atoms with van der Waals surface area (Å²) in [4.78, 5) is 30.8. The van der Waals surface area contributed by atoms with Crippen LogP contribution in [0.2, 0.25) is 0 Å². The van der Waals surface area contributed by atoms with Crippen molar-refractivity contribution < 1.29 is 18.0 Å². The van der Waals surface area contributed by atoms with Crippen LogP contribution in [0, 0.1) is 5.92 Å². The highest BCUT2D eigenvalue weighted by molar-refractivity contribution is 7.19. The van der Waals surface area contributed by atoms with Crippen molar-refractivity contribution in [3.8, 4) is 11.1 Å². The number of pyridine rings is 2. The molecule has 1 aliphatic heterocycles. The van der Waals surface area contributed by atoms with Crippen LogP contribution < -0.4 is 10.9 Å². The highest BCUT2D eigenvalue weighted by Crippen LogP contribution is 2.37. The molecule has 1 N–H and O–H groups in total. The van der Waals surface area contributed by atoms with E-state index in [0.29, 0.717) is 24.3 Å². The van der Waals surface area contributed by atoms with E-state index in [4.69, 9.17) is 0 Å². The first-order valence-corrected chi connectivity index (χ1v) is 10.6. The number of carbonyl (C=O) groups is 1. The number of halogens is 3. The van der Waals surface area contributed by atoms with Gasteiger partial charge in [0.1, 0.15) is 5.82 Å². The van der Waals surface area contributed by atoms with Gasteiger partial charge >= 0.3 is 6.18 Å². The van der Waals surface area contributed by atoms with Crippen LogP contribution in [0.1, 0.15) is 18.2 Å². The smallest absolute Gasteiger partial charge is 0.317 e. The van der Waals surface area contributed by atoms with Crippen LogP contribution in [0.5, 0.6) is 0 Å². The third-order valence-corrected chi connectivity index (χ3v) is 6.54. The number of likely N-dealkylation sites (tertiary alicyclic amines) is 1. The van der Waals surface area contributed by atoms with Gasteiger partial charge in [-0.05, 0) is 36.7 Å². The summed E-state index contributed by atoms with van der Waals surface area (Å²) in [6, 6.07) is 5.30. The zero-order chi connectivity index (χ0) is 22.3. The number of carbonyl (C=O) groups excluding carboxylic acids is 1. The maximum Gasteiger partial charge on any atom is 0.393 e. The molecule has 0 bridgehead atoms. The van der Waals surface area contributed by atoms with Crippen LogP contribution in [0.4, 0.5) is 19.0 Å². The molecule has 1 fully saturated rings. The predicted octanol–water partition coefficient (Wildman–Crippen LogP) is 4.00. The van der Waals surface area contributed by atoms with Gasteiger partial charge in [-0.3, -0.25) is 14.5 Å². The van der Waals surface area contributed by atoms with Crippen LogP contribution >= 0.6 is 11.3 Å². The Bertz CT molecular complexity index is 1200. The number of fused-ring (bicyclic) bond motifs is 1. The fourth-order valence-electron chi connectivity index (χ4n) is 3.90. The van der Waals surface area contributed by atoms with Crippen molar-refractivity contribution in [2.24, 2.45) is 13.0 Å². The van der Waals surface area contributed by atoms with E-state index in [1.54, 1.807) is 42.5 Å². The standard InChI is InChI=1S/C21H21F3N4O2S/c1-12(29)26-18-7-13(3-5-25-18)17-11-27(2)20(30)16-8-15(31-19(16)17)10-28-6-4-14(9-28)21(22,23)24/h3,5,7-8,11,14H,4,6,9-10H2,1-2H3,(H,25,26,29). The molecule has 3 aromatic heterocycles. The lowest BCUT2D eigenvalue weighted by molar-refractivity contribution is -0.170. The predicted molar refractivity (Wildman–Crippen MR) is 114 cm³/mol. The Labute approximate surface area is 180 Å². The van der Waals surface area contributed by atoms with Crippen molar-refractivity contribution in [2.45, 2.75) is 26.1 Å². The molecule has 1 amide bonds. The Hall–Kier alpha value is -2.72. The molecular weight excluding hydrogens is 429 g/mol. The Morgan fingerprint density at radius 2 is 2.13 bits per heavy atom. The number of anilines is 1. The van der Waals surface area contributed by atoms with Crippen molar-refractivity contribution in [1.82, 2.24) is 14.5 Å². The first-order valence-electron chi connectivity index (χ1n) is 9.77. The number of hydrogen-bond donors (Lipinski definition) is 1. The number of hydrogen-bond acceptors (Lipinski definition) is 5. The number of aryl methyl sites for hydroxylation is 1. The van der Waals surface area contributed by atoms with Gasteiger partial charge in [-0.1, -0.05) is 0 Å². The first-order chi connectivity index (χ1) is 14.6.